The number of hydrogen-bond acceptors (Lipinski definition) is 3. The molecule has 0 bridgehead atoms. The maximum atomic E-state index is 6.37. The van der Waals surface area contributed by atoms with Gasteiger partial charge in [0.2, 0.25) is 0 Å². The molecule has 0 aromatic heterocycles. The molecule has 3 nitrogen and oxygen atoms in total. The third kappa shape index (κ3) is 2.12. The van der Waals surface area contributed by atoms with Gasteiger partial charge < -0.3 is 15.2 Å². The van der Waals surface area contributed by atoms with Gasteiger partial charge in [-0.3, -0.25) is 0 Å². The number of hydrogen-bond donors (Lipinski definition) is 1. The van der Waals surface area contributed by atoms with Gasteiger partial charge in [0.15, 0.2) is 11.5 Å². The molecule has 1 aromatic carbocycles. The van der Waals surface area contributed by atoms with Crippen molar-refractivity contribution in [1.29, 1.82) is 0 Å². The van der Waals surface area contributed by atoms with E-state index in [1.165, 1.54) is 5.56 Å². The van der Waals surface area contributed by atoms with E-state index in [2.05, 4.69) is 35.8 Å². The van der Waals surface area contributed by atoms with E-state index < -0.39 is 0 Å². The van der Waals surface area contributed by atoms with Gasteiger partial charge in [0.05, 0.1) is 18.7 Å². The highest BCUT2D eigenvalue weighted by molar-refractivity contribution is 9.10. The molecule has 1 aliphatic carbocycles. The molecule has 18 heavy (non-hydrogen) atoms. The topological polar surface area (TPSA) is 44.5 Å². The largest absolute Gasteiger partial charge is 0.493 e. The zero-order valence-electron chi connectivity index (χ0n) is 11.3. The van der Waals surface area contributed by atoms with Crippen LogP contribution >= 0.6 is 15.9 Å². The summed E-state index contributed by atoms with van der Waals surface area (Å²) in [6, 6.07) is 2.09. The Kier molecular flexibility index (Phi) is 3.60. The normalized spacial score (nSPS) is 16.8. The van der Waals surface area contributed by atoms with Gasteiger partial charge in [-0.1, -0.05) is 13.8 Å². The van der Waals surface area contributed by atoms with Gasteiger partial charge in [0.25, 0.3) is 0 Å². The highest BCUT2D eigenvalue weighted by atomic mass is 79.9. The summed E-state index contributed by atoms with van der Waals surface area (Å²) in [7, 11) is 3.33. The van der Waals surface area contributed by atoms with E-state index in [0.717, 1.165) is 34.4 Å². The van der Waals surface area contributed by atoms with Gasteiger partial charge >= 0.3 is 0 Å². The molecule has 0 atom stereocenters. The van der Waals surface area contributed by atoms with Crippen LogP contribution in [0.25, 0.3) is 0 Å². The van der Waals surface area contributed by atoms with Gasteiger partial charge in [-0.2, -0.15) is 0 Å². The Hall–Kier alpha value is -0.740. The van der Waals surface area contributed by atoms with E-state index in [4.69, 9.17) is 15.2 Å². The minimum atomic E-state index is -0.179. The SMILES string of the molecule is COc1c(Br)cc(C2(N)CC2)c(C(C)C)c1OC. The van der Waals surface area contributed by atoms with Gasteiger partial charge in [-0.05, 0) is 46.3 Å². The molecule has 0 aliphatic heterocycles. The van der Waals surface area contributed by atoms with Gasteiger partial charge in [-0.25, -0.2) is 0 Å². The van der Waals surface area contributed by atoms with Crippen molar-refractivity contribution in [2.24, 2.45) is 5.73 Å². The number of benzene rings is 1. The number of ether oxygens (including phenoxy) is 2. The van der Waals surface area contributed by atoms with Crippen LogP contribution in [-0.4, -0.2) is 14.2 Å². The number of methoxy groups -OCH3 is 2. The summed E-state index contributed by atoms with van der Waals surface area (Å²) < 4.78 is 11.9. The lowest BCUT2D eigenvalue weighted by Gasteiger charge is -2.23. The molecule has 0 heterocycles. The molecule has 4 heteroatoms. The lowest BCUT2D eigenvalue weighted by Crippen LogP contribution is -2.22. The van der Waals surface area contributed by atoms with Crippen molar-refractivity contribution < 1.29 is 9.47 Å². The van der Waals surface area contributed by atoms with Crippen molar-refractivity contribution in [3.63, 3.8) is 0 Å². The molecule has 1 saturated carbocycles. The molecule has 0 spiro atoms. The molecule has 0 saturated heterocycles. The standard InChI is InChI=1S/C14H20BrNO2/c1-8(2)11-9(14(16)5-6-14)7-10(15)12(17-3)13(11)18-4/h7-8H,5-6,16H2,1-4H3. The summed E-state index contributed by atoms with van der Waals surface area (Å²) in [6.45, 7) is 4.31. The van der Waals surface area contributed by atoms with Crippen LogP contribution in [0, 0.1) is 0 Å². The van der Waals surface area contributed by atoms with E-state index in [-0.39, 0.29) is 5.54 Å². The third-order valence-corrected chi connectivity index (χ3v) is 4.13. The van der Waals surface area contributed by atoms with E-state index >= 15 is 0 Å². The maximum absolute atomic E-state index is 6.37. The first-order valence-corrected chi connectivity index (χ1v) is 6.97. The van der Waals surface area contributed by atoms with Crippen LogP contribution in [0.1, 0.15) is 43.7 Å². The summed E-state index contributed by atoms with van der Waals surface area (Å²) in [5, 5.41) is 0. The second-order valence-electron chi connectivity index (χ2n) is 5.20. The molecule has 1 aliphatic rings. The smallest absolute Gasteiger partial charge is 0.175 e. The average Bonchev–Trinajstić information content (AvgIpc) is 3.06. The fourth-order valence-electron chi connectivity index (χ4n) is 2.41. The van der Waals surface area contributed by atoms with Gasteiger partial charge in [0.1, 0.15) is 0 Å². The van der Waals surface area contributed by atoms with Crippen LogP contribution in [0.4, 0.5) is 0 Å². The second-order valence-corrected chi connectivity index (χ2v) is 6.05. The summed E-state index contributed by atoms with van der Waals surface area (Å²) in [4.78, 5) is 0. The van der Waals surface area contributed by atoms with Gasteiger partial charge in [0, 0.05) is 11.1 Å². The molecule has 2 N–H and O–H groups in total. The van der Waals surface area contributed by atoms with E-state index in [1.54, 1.807) is 14.2 Å². The van der Waals surface area contributed by atoms with Crippen molar-refractivity contribution in [2.75, 3.05) is 14.2 Å². The molecule has 100 valence electrons. The van der Waals surface area contributed by atoms with E-state index in [1.807, 2.05) is 0 Å². The molecule has 1 aromatic rings. The predicted molar refractivity (Wildman–Crippen MR) is 76.4 cm³/mol. The molecular weight excluding hydrogens is 294 g/mol. The zero-order chi connectivity index (χ0) is 13.5. The van der Waals surface area contributed by atoms with Crippen LogP contribution in [0.2, 0.25) is 0 Å². The summed E-state index contributed by atoms with van der Waals surface area (Å²) >= 11 is 3.54. The Morgan fingerprint density at radius 1 is 1.22 bits per heavy atom. The Morgan fingerprint density at radius 2 is 1.78 bits per heavy atom. The monoisotopic (exact) mass is 313 g/mol. The Labute approximate surface area is 117 Å². The number of nitrogens with two attached hydrogens (primary N) is 1. The second kappa shape index (κ2) is 4.74. The highest BCUT2D eigenvalue weighted by Crippen LogP contribution is 2.52. The van der Waals surface area contributed by atoms with Crippen LogP contribution in [0.3, 0.4) is 0 Å². The summed E-state index contributed by atoms with van der Waals surface area (Å²) in [5.74, 6) is 1.89. The first kappa shape index (κ1) is 13.7. The molecule has 0 unspecified atom stereocenters. The minimum absolute atomic E-state index is 0.179. The van der Waals surface area contributed by atoms with Crippen molar-refractivity contribution in [1.82, 2.24) is 0 Å². The minimum Gasteiger partial charge on any atom is -0.493 e. The molecule has 1 fully saturated rings. The third-order valence-electron chi connectivity index (χ3n) is 3.54. The zero-order valence-corrected chi connectivity index (χ0v) is 12.9. The number of halogens is 1. The molecular formula is C14H20BrNO2. The predicted octanol–water partition coefficient (Wildman–Crippen LogP) is 3.54. The summed E-state index contributed by atoms with van der Waals surface area (Å²) in [6.07, 6.45) is 2.07. The summed E-state index contributed by atoms with van der Waals surface area (Å²) in [5.41, 5.74) is 8.54. The fraction of sp³-hybridized carbons (Fsp3) is 0.571. The van der Waals surface area contributed by atoms with Crippen LogP contribution < -0.4 is 15.2 Å². The Bertz CT molecular complexity index is 467. The highest BCUT2D eigenvalue weighted by Gasteiger charge is 2.43. The molecule has 0 amide bonds. The quantitative estimate of drug-likeness (QED) is 0.924. The maximum Gasteiger partial charge on any atom is 0.175 e. The van der Waals surface area contributed by atoms with E-state index in [0.29, 0.717) is 5.92 Å². The van der Waals surface area contributed by atoms with Crippen molar-refractivity contribution in [3.05, 3.63) is 21.7 Å². The molecule has 2 rings (SSSR count). The van der Waals surface area contributed by atoms with Crippen LogP contribution in [0.15, 0.2) is 10.5 Å². The van der Waals surface area contributed by atoms with Crippen LogP contribution in [0.5, 0.6) is 11.5 Å². The van der Waals surface area contributed by atoms with Crippen LogP contribution in [-0.2, 0) is 5.54 Å². The molecule has 0 radical (unpaired) electrons. The Morgan fingerprint density at radius 3 is 2.17 bits per heavy atom. The lowest BCUT2D eigenvalue weighted by atomic mass is 9.90. The number of rotatable bonds is 4. The van der Waals surface area contributed by atoms with Gasteiger partial charge in [-0.15, -0.1) is 0 Å². The van der Waals surface area contributed by atoms with Crippen molar-refractivity contribution in [3.8, 4) is 11.5 Å². The first-order valence-electron chi connectivity index (χ1n) is 6.18. The van der Waals surface area contributed by atoms with Crippen molar-refractivity contribution >= 4 is 15.9 Å². The lowest BCUT2D eigenvalue weighted by molar-refractivity contribution is 0.347. The Balaban J connectivity index is 2.70. The first-order chi connectivity index (χ1) is 8.44. The fourth-order valence-corrected chi connectivity index (χ4v) is 2.98. The van der Waals surface area contributed by atoms with E-state index in [9.17, 15) is 0 Å². The van der Waals surface area contributed by atoms with Crippen molar-refractivity contribution in [2.45, 2.75) is 38.1 Å². The average molecular weight is 314 g/mol.